The summed E-state index contributed by atoms with van der Waals surface area (Å²) >= 11 is 7.94. The summed E-state index contributed by atoms with van der Waals surface area (Å²) in [4.78, 5) is 5.47. The number of para-hydroxylation sites is 1. The summed E-state index contributed by atoms with van der Waals surface area (Å²) < 4.78 is 2.16. The van der Waals surface area contributed by atoms with Crippen molar-refractivity contribution in [2.75, 3.05) is 5.32 Å². The van der Waals surface area contributed by atoms with Gasteiger partial charge in [-0.15, -0.1) is 11.8 Å². The van der Waals surface area contributed by atoms with Crippen LogP contribution in [0.25, 0.3) is 0 Å². The molecule has 152 valence electrons. The van der Waals surface area contributed by atoms with Crippen molar-refractivity contribution in [2.45, 2.75) is 29.5 Å². The van der Waals surface area contributed by atoms with E-state index < -0.39 is 0 Å². The van der Waals surface area contributed by atoms with Crippen LogP contribution in [-0.4, -0.2) is 14.8 Å². The van der Waals surface area contributed by atoms with Crippen LogP contribution in [-0.2, 0) is 13.0 Å². The Hall–Kier alpha value is -2.69. The largest absolute Gasteiger partial charge is 0.356 e. The number of nitrogens with zero attached hydrogens (tertiary/aromatic N) is 2. The normalized spacial score (nSPS) is 11.9. The Bertz CT molecular complexity index is 1020. The third kappa shape index (κ3) is 6.15. The van der Waals surface area contributed by atoms with E-state index in [-0.39, 0.29) is 0 Å². The van der Waals surface area contributed by atoms with Gasteiger partial charge in [-0.05, 0) is 66.9 Å². The van der Waals surface area contributed by atoms with E-state index in [2.05, 4.69) is 63.4 Å². The second kappa shape index (κ2) is 10.4. The predicted octanol–water partition coefficient (Wildman–Crippen LogP) is 7.07. The lowest BCUT2D eigenvalue weighted by Gasteiger charge is -2.18. The molecule has 0 bridgehead atoms. The van der Waals surface area contributed by atoms with Crippen molar-refractivity contribution < 1.29 is 0 Å². The molecule has 4 rings (SSSR count). The van der Waals surface area contributed by atoms with Crippen molar-refractivity contribution in [3.8, 4) is 0 Å². The van der Waals surface area contributed by atoms with Gasteiger partial charge in [0.1, 0.15) is 0 Å². The summed E-state index contributed by atoms with van der Waals surface area (Å²) in [6.07, 6.45) is 7.86. The lowest BCUT2D eigenvalue weighted by Crippen LogP contribution is -2.13. The number of anilines is 2. The number of hydrogen-bond donors (Lipinski definition) is 1. The minimum Gasteiger partial charge on any atom is -0.356 e. The number of halogens is 1. The number of aromatic nitrogens is 2. The highest BCUT2D eigenvalue weighted by Gasteiger charge is 2.12. The zero-order chi connectivity index (χ0) is 20.6. The quantitative estimate of drug-likeness (QED) is 0.286. The van der Waals surface area contributed by atoms with E-state index in [0.29, 0.717) is 5.25 Å². The van der Waals surface area contributed by atoms with Crippen molar-refractivity contribution in [3.63, 3.8) is 0 Å². The van der Waals surface area contributed by atoms with Gasteiger partial charge >= 0.3 is 0 Å². The van der Waals surface area contributed by atoms with Gasteiger partial charge in [0.25, 0.3) is 0 Å². The van der Waals surface area contributed by atoms with Gasteiger partial charge < -0.3 is 9.88 Å². The number of thioether (sulfide) groups is 1. The molecule has 0 fully saturated rings. The average Bonchev–Trinajstić information content (AvgIpc) is 3.28. The highest BCUT2D eigenvalue weighted by atomic mass is 35.5. The number of imidazole rings is 1. The standard InChI is InChI=1S/C25H24ClN3S/c26-21-9-6-20(7-10-21)8-13-25(18-29-17-16-27-19-29)30-24-14-11-23(12-15-24)28-22-4-2-1-3-5-22/h1-7,9-12,14-17,19,25,28H,8,13,18H2. The molecular weight excluding hydrogens is 410 g/mol. The van der Waals surface area contributed by atoms with Crippen LogP contribution < -0.4 is 5.32 Å². The first kappa shape index (κ1) is 20.6. The number of hydrogen-bond acceptors (Lipinski definition) is 3. The van der Waals surface area contributed by atoms with Crippen LogP contribution in [0.3, 0.4) is 0 Å². The van der Waals surface area contributed by atoms with Crippen LogP contribution in [0.1, 0.15) is 12.0 Å². The monoisotopic (exact) mass is 433 g/mol. The van der Waals surface area contributed by atoms with E-state index in [4.69, 9.17) is 11.6 Å². The van der Waals surface area contributed by atoms with Gasteiger partial charge in [-0.3, -0.25) is 0 Å². The Kier molecular flexibility index (Phi) is 7.11. The van der Waals surface area contributed by atoms with Gasteiger partial charge in [0.15, 0.2) is 0 Å². The fraction of sp³-hybridized carbons (Fsp3) is 0.160. The van der Waals surface area contributed by atoms with E-state index in [1.807, 2.05) is 60.8 Å². The molecule has 1 heterocycles. The summed E-state index contributed by atoms with van der Waals surface area (Å²) in [5.41, 5.74) is 3.51. The molecule has 0 amide bonds. The third-order valence-electron chi connectivity index (χ3n) is 4.86. The molecule has 5 heteroatoms. The summed E-state index contributed by atoms with van der Waals surface area (Å²) in [5, 5.41) is 4.67. The third-order valence-corrected chi connectivity index (χ3v) is 6.38. The number of rotatable bonds is 9. The zero-order valence-corrected chi connectivity index (χ0v) is 18.2. The molecule has 0 aliphatic heterocycles. The van der Waals surface area contributed by atoms with E-state index in [9.17, 15) is 0 Å². The van der Waals surface area contributed by atoms with Gasteiger partial charge in [0.05, 0.1) is 6.33 Å². The summed E-state index contributed by atoms with van der Waals surface area (Å²) in [5.74, 6) is 0. The smallest absolute Gasteiger partial charge is 0.0946 e. The molecule has 0 aliphatic carbocycles. The van der Waals surface area contributed by atoms with Crippen molar-refractivity contribution in [1.82, 2.24) is 9.55 Å². The van der Waals surface area contributed by atoms with Crippen LogP contribution in [0, 0.1) is 0 Å². The van der Waals surface area contributed by atoms with Gasteiger partial charge in [-0.1, -0.05) is 41.9 Å². The van der Waals surface area contributed by atoms with Crippen molar-refractivity contribution in [1.29, 1.82) is 0 Å². The molecule has 30 heavy (non-hydrogen) atoms. The fourth-order valence-corrected chi connectivity index (χ4v) is 4.58. The maximum Gasteiger partial charge on any atom is 0.0946 e. The van der Waals surface area contributed by atoms with Crippen LogP contribution in [0.5, 0.6) is 0 Å². The van der Waals surface area contributed by atoms with Gasteiger partial charge in [0, 0.05) is 45.5 Å². The van der Waals surface area contributed by atoms with Crippen molar-refractivity contribution in [3.05, 3.63) is 108 Å². The molecule has 0 aliphatic rings. The Balaban J connectivity index is 1.40. The predicted molar refractivity (Wildman–Crippen MR) is 128 cm³/mol. The second-order valence-electron chi connectivity index (χ2n) is 7.18. The molecule has 4 aromatic rings. The number of nitrogens with one attached hydrogen (secondary N) is 1. The molecule has 3 aromatic carbocycles. The molecule has 0 radical (unpaired) electrons. The van der Waals surface area contributed by atoms with Crippen LogP contribution in [0.15, 0.2) is 102 Å². The molecule has 3 nitrogen and oxygen atoms in total. The first-order valence-electron chi connectivity index (χ1n) is 10.0. The van der Waals surface area contributed by atoms with Gasteiger partial charge in [-0.25, -0.2) is 4.98 Å². The molecule has 0 saturated heterocycles. The molecular formula is C25H24ClN3S. The van der Waals surface area contributed by atoms with E-state index >= 15 is 0 Å². The Morgan fingerprint density at radius 2 is 1.63 bits per heavy atom. The summed E-state index contributed by atoms with van der Waals surface area (Å²) in [6.45, 7) is 0.933. The van der Waals surface area contributed by atoms with Crippen LogP contribution >= 0.6 is 23.4 Å². The maximum atomic E-state index is 6.02. The Labute approximate surface area is 187 Å². The zero-order valence-electron chi connectivity index (χ0n) is 16.6. The molecule has 1 atom stereocenters. The average molecular weight is 434 g/mol. The summed E-state index contributed by atoms with van der Waals surface area (Å²) in [7, 11) is 0. The van der Waals surface area contributed by atoms with Gasteiger partial charge in [-0.2, -0.15) is 0 Å². The summed E-state index contributed by atoms with van der Waals surface area (Å²) in [6, 6.07) is 27.1. The molecule has 1 unspecified atom stereocenters. The maximum absolute atomic E-state index is 6.02. The Morgan fingerprint density at radius 3 is 2.33 bits per heavy atom. The lowest BCUT2D eigenvalue weighted by atomic mass is 10.1. The lowest BCUT2D eigenvalue weighted by molar-refractivity contribution is 0.624. The van der Waals surface area contributed by atoms with E-state index in [0.717, 1.165) is 35.8 Å². The minimum absolute atomic E-state index is 0.447. The molecule has 1 N–H and O–H groups in total. The Morgan fingerprint density at radius 1 is 0.900 bits per heavy atom. The first-order chi connectivity index (χ1) is 14.7. The highest BCUT2D eigenvalue weighted by molar-refractivity contribution is 8.00. The van der Waals surface area contributed by atoms with E-state index in [1.165, 1.54) is 10.5 Å². The van der Waals surface area contributed by atoms with Crippen molar-refractivity contribution >= 4 is 34.7 Å². The fourth-order valence-electron chi connectivity index (χ4n) is 3.29. The molecule has 1 aromatic heterocycles. The van der Waals surface area contributed by atoms with Crippen molar-refractivity contribution in [2.24, 2.45) is 0 Å². The SMILES string of the molecule is Clc1ccc(CCC(Cn2ccnc2)Sc2ccc(Nc3ccccc3)cc2)cc1. The molecule has 0 saturated carbocycles. The number of benzene rings is 3. The topological polar surface area (TPSA) is 29.9 Å². The van der Waals surface area contributed by atoms with Crippen LogP contribution in [0.2, 0.25) is 5.02 Å². The second-order valence-corrected chi connectivity index (χ2v) is 8.99. The van der Waals surface area contributed by atoms with E-state index in [1.54, 1.807) is 0 Å². The first-order valence-corrected chi connectivity index (χ1v) is 11.3. The molecule has 0 spiro atoms. The number of aryl methyl sites for hydroxylation is 1. The van der Waals surface area contributed by atoms with Crippen LogP contribution in [0.4, 0.5) is 11.4 Å². The highest BCUT2D eigenvalue weighted by Crippen LogP contribution is 2.29. The van der Waals surface area contributed by atoms with Gasteiger partial charge in [0.2, 0.25) is 0 Å². The minimum atomic E-state index is 0.447.